The molecular formula is C18H13N3O3. The van der Waals surface area contributed by atoms with Crippen molar-refractivity contribution < 1.29 is 14.1 Å². The van der Waals surface area contributed by atoms with E-state index in [-0.39, 0.29) is 6.61 Å². The third-order valence-electron chi connectivity index (χ3n) is 3.35. The SMILES string of the molecule is Cc1noc(-c2ccc(C(=O)OCc3ccc(C#N)cc3)cc2)n1. The van der Waals surface area contributed by atoms with E-state index in [0.717, 1.165) is 11.1 Å². The van der Waals surface area contributed by atoms with Gasteiger partial charge in [0.1, 0.15) is 6.61 Å². The van der Waals surface area contributed by atoms with Gasteiger partial charge < -0.3 is 9.26 Å². The summed E-state index contributed by atoms with van der Waals surface area (Å²) in [5, 5.41) is 12.5. The van der Waals surface area contributed by atoms with E-state index in [9.17, 15) is 4.79 Å². The van der Waals surface area contributed by atoms with Crippen molar-refractivity contribution in [2.24, 2.45) is 0 Å². The molecule has 0 amide bonds. The van der Waals surface area contributed by atoms with Crippen LogP contribution in [0.2, 0.25) is 0 Å². The lowest BCUT2D eigenvalue weighted by molar-refractivity contribution is 0.0472. The van der Waals surface area contributed by atoms with E-state index >= 15 is 0 Å². The van der Waals surface area contributed by atoms with E-state index in [0.29, 0.717) is 22.8 Å². The molecule has 1 heterocycles. The predicted molar refractivity (Wildman–Crippen MR) is 84.7 cm³/mol. The molecule has 6 nitrogen and oxygen atoms in total. The molecule has 3 aromatic rings. The van der Waals surface area contributed by atoms with Crippen LogP contribution in [0.5, 0.6) is 0 Å². The van der Waals surface area contributed by atoms with Gasteiger partial charge in [-0.3, -0.25) is 0 Å². The van der Waals surface area contributed by atoms with E-state index in [1.165, 1.54) is 0 Å². The van der Waals surface area contributed by atoms with Crippen LogP contribution in [-0.2, 0) is 11.3 Å². The molecule has 3 rings (SSSR count). The van der Waals surface area contributed by atoms with Crippen molar-refractivity contribution in [3.05, 3.63) is 71.0 Å². The number of benzene rings is 2. The largest absolute Gasteiger partial charge is 0.457 e. The zero-order valence-electron chi connectivity index (χ0n) is 12.9. The molecule has 0 saturated heterocycles. The zero-order valence-corrected chi connectivity index (χ0v) is 12.9. The number of carbonyl (C=O) groups excluding carboxylic acids is 1. The van der Waals surface area contributed by atoms with E-state index < -0.39 is 5.97 Å². The van der Waals surface area contributed by atoms with E-state index in [1.807, 2.05) is 6.07 Å². The Bertz CT molecular complexity index is 891. The molecule has 0 aliphatic rings. The normalized spacial score (nSPS) is 10.2. The molecule has 6 heteroatoms. The van der Waals surface area contributed by atoms with Gasteiger partial charge in [-0.2, -0.15) is 10.2 Å². The molecule has 0 fully saturated rings. The van der Waals surface area contributed by atoms with Gasteiger partial charge in [0.15, 0.2) is 5.82 Å². The zero-order chi connectivity index (χ0) is 16.9. The van der Waals surface area contributed by atoms with Gasteiger partial charge >= 0.3 is 5.97 Å². The van der Waals surface area contributed by atoms with Gasteiger partial charge in [0.25, 0.3) is 5.89 Å². The molecule has 0 radical (unpaired) electrons. The number of esters is 1. The minimum absolute atomic E-state index is 0.148. The Hall–Kier alpha value is -3.46. The number of rotatable bonds is 4. The average Bonchev–Trinajstić information content (AvgIpc) is 3.06. The average molecular weight is 319 g/mol. The number of nitrogens with zero attached hydrogens (tertiary/aromatic N) is 3. The summed E-state index contributed by atoms with van der Waals surface area (Å²) in [5.41, 5.74) is 2.56. The lowest BCUT2D eigenvalue weighted by Crippen LogP contribution is -2.05. The Morgan fingerprint density at radius 1 is 1.17 bits per heavy atom. The number of hydrogen-bond donors (Lipinski definition) is 0. The third-order valence-corrected chi connectivity index (χ3v) is 3.35. The van der Waals surface area contributed by atoms with Gasteiger partial charge in [-0.15, -0.1) is 0 Å². The first-order valence-electron chi connectivity index (χ1n) is 7.22. The summed E-state index contributed by atoms with van der Waals surface area (Å²) < 4.78 is 10.3. The topological polar surface area (TPSA) is 89.0 Å². The van der Waals surface area contributed by atoms with Crippen LogP contribution in [0, 0.1) is 18.3 Å². The lowest BCUT2D eigenvalue weighted by atomic mass is 10.1. The quantitative estimate of drug-likeness (QED) is 0.686. The van der Waals surface area contributed by atoms with Crippen molar-refractivity contribution in [3.63, 3.8) is 0 Å². The Labute approximate surface area is 138 Å². The minimum Gasteiger partial charge on any atom is -0.457 e. The first kappa shape index (κ1) is 15.4. The van der Waals surface area contributed by atoms with Crippen molar-refractivity contribution in [2.75, 3.05) is 0 Å². The number of aromatic nitrogens is 2. The Morgan fingerprint density at radius 3 is 2.46 bits per heavy atom. The fraction of sp³-hybridized carbons (Fsp3) is 0.111. The molecular weight excluding hydrogens is 306 g/mol. The smallest absolute Gasteiger partial charge is 0.338 e. The maximum absolute atomic E-state index is 12.1. The summed E-state index contributed by atoms with van der Waals surface area (Å²) in [6, 6.07) is 15.7. The van der Waals surface area contributed by atoms with Crippen molar-refractivity contribution in [1.29, 1.82) is 5.26 Å². The molecule has 2 aromatic carbocycles. The Morgan fingerprint density at radius 2 is 1.88 bits per heavy atom. The second kappa shape index (κ2) is 6.75. The van der Waals surface area contributed by atoms with Gasteiger partial charge in [0, 0.05) is 5.56 Å². The Balaban J connectivity index is 1.63. The maximum Gasteiger partial charge on any atom is 0.338 e. The number of aryl methyl sites for hydroxylation is 1. The van der Waals surface area contributed by atoms with Gasteiger partial charge in [-0.05, 0) is 48.9 Å². The summed E-state index contributed by atoms with van der Waals surface area (Å²) in [6.45, 7) is 1.89. The summed E-state index contributed by atoms with van der Waals surface area (Å²) in [4.78, 5) is 16.2. The van der Waals surface area contributed by atoms with Gasteiger partial charge in [-0.25, -0.2) is 4.79 Å². The fourth-order valence-corrected chi connectivity index (χ4v) is 2.07. The molecule has 1 aromatic heterocycles. The Kier molecular flexibility index (Phi) is 4.34. The highest BCUT2D eigenvalue weighted by Crippen LogP contribution is 2.18. The first-order chi connectivity index (χ1) is 11.7. The molecule has 0 unspecified atom stereocenters. The van der Waals surface area contributed by atoms with Crippen molar-refractivity contribution in [1.82, 2.24) is 10.1 Å². The first-order valence-corrected chi connectivity index (χ1v) is 7.22. The number of carbonyl (C=O) groups is 1. The molecule has 0 N–H and O–H groups in total. The van der Waals surface area contributed by atoms with E-state index in [1.54, 1.807) is 55.5 Å². The van der Waals surface area contributed by atoms with Crippen LogP contribution in [-0.4, -0.2) is 16.1 Å². The summed E-state index contributed by atoms with van der Waals surface area (Å²) in [7, 11) is 0. The standard InChI is InChI=1S/C18H13N3O3/c1-12-20-17(24-21-12)15-6-8-16(9-7-15)18(22)23-11-14-4-2-13(10-19)3-5-14/h2-9H,11H2,1H3. The van der Waals surface area contributed by atoms with Crippen LogP contribution in [0.25, 0.3) is 11.5 Å². The van der Waals surface area contributed by atoms with Crippen molar-refractivity contribution >= 4 is 5.97 Å². The second-order valence-corrected chi connectivity index (χ2v) is 5.11. The number of nitriles is 1. The summed E-state index contributed by atoms with van der Waals surface area (Å²) >= 11 is 0. The number of hydrogen-bond acceptors (Lipinski definition) is 6. The van der Waals surface area contributed by atoms with Crippen LogP contribution in [0.4, 0.5) is 0 Å². The highest BCUT2D eigenvalue weighted by Gasteiger charge is 2.10. The molecule has 0 aliphatic heterocycles. The van der Waals surface area contributed by atoms with Crippen LogP contribution >= 0.6 is 0 Å². The van der Waals surface area contributed by atoms with Crippen LogP contribution in [0.15, 0.2) is 53.1 Å². The van der Waals surface area contributed by atoms with E-state index in [4.69, 9.17) is 14.5 Å². The van der Waals surface area contributed by atoms with Gasteiger partial charge in [-0.1, -0.05) is 17.3 Å². The monoisotopic (exact) mass is 319 g/mol. The van der Waals surface area contributed by atoms with E-state index in [2.05, 4.69) is 10.1 Å². The fourth-order valence-electron chi connectivity index (χ4n) is 2.07. The molecule has 24 heavy (non-hydrogen) atoms. The van der Waals surface area contributed by atoms with Crippen LogP contribution in [0.3, 0.4) is 0 Å². The highest BCUT2D eigenvalue weighted by atomic mass is 16.5. The minimum atomic E-state index is -0.424. The maximum atomic E-state index is 12.1. The highest BCUT2D eigenvalue weighted by molar-refractivity contribution is 5.89. The summed E-state index contributed by atoms with van der Waals surface area (Å²) in [5.74, 6) is 0.536. The molecule has 0 spiro atoms. The van der Waals surface area contributed by atoms with Crippen molar-refractivity contribution in [3.8, 4) is 17.5 Å². The summed E-state index contributed by atoms with van der Waals surface area (Å²) in [6.07, 6.45) is 0. The molecule has 0 saturated carbocycles. The molecule has 118 valence electrons. The van der Waals surface area contributed by atoms with Crippen LogP contribution in [0.1, 0.15) is 27.3 Å². The van der Waals surface area contributed by atoms with Gasteiger partial charge in [0.05, 0.1) is 17.2 Å². The molecule has 0 aliphatic carbocycles. The predicted octanol–water partition coefficient (Wildman–Crippen LogP) is 3.27. The lowest BCUT2D eigenvalue weighted by Gasteiger charge is -2.05. The molecule has 0 atom stereocenters. The van der Waals surface area contributed by atoms with Crippen LogP contribution < -0.4 is 0 Å². The van der Waals surface area contributed by atoms with Crippen molar-refractivity contribution in [2.45, 2.75) is 13.5 Å². The number of ether oxygens (including phenoxy) is 1. The molecule has 0 bridgehead atoms. The third kappa shape index (κ3) is 3.47. The van der Waals surface area contributed by atoms with Gasteiger partial charge in [0.2, 0.25) is 0 Å². The second-order valence-electron chi connectivity index (χ2n) is 5.11.